The molecular weight excluding hydrogens is 1180 g/mol. The maximum Gasteiger partial charge on any atom is 0.187 e. The van der Waals surface area contributed by atoms with E-state index in [0.717, 1.165) is 44.5 Å². The van der Waals surface area contributed by atoms with Gasteiger partial charge in [0, 0.05) is 18.2 Å². The first-order valence-corrected chi connectivity index (χ1v) is 31.9. The van der Waals surface area contributed by atoms with Gasteiger partial charge >= 0.3 is 0 Å². The molecule has 0 radical (unpaired) electrons. The molecule has 0 N–H and O–H groups in total. The Labute approximate surface area is 543 Å². The standard InChI is InChI=1S/C76H80O17/c1-77-59-40-38-58(39-41-59)73-86-49-61-64(90-73)67(81-44-53-28-14-5-15-29-53)70(83-46-55-32-18-7-19-33-55)75(88-61)93-68-65-62(50-85-72(91-65)57-36-22-9-23-37-57)89-76(71(68)84-47-56-34-20-8-21-35-56)92-63-60(48-79-42-51-24-10-3-11-25-51)87-74(78-2)69(82-45-54-30-16-6-17-31-54)66(63)80-43-52-26-12-4-13-27-52/h3-41,60-76H,42-50H2,1-2H3/t60-,61-,62-,63-,64-,65-,66+,67+,68+,69+,70+,71+,72?,73?,74-,75+,76+/m1/s1. The average molecular weight is 1270 g/mol. The van der Waals surface area contributed by atoms with Crippen LogP contribution >= 0.6 is 0 Å². The summed E-state index contributed by atoms with van der Waals surface area (Å²) in [5.74, 6) is 0.706. The van der Waals surface area contributed by atoms with Gasteiger partial charge in [-0.3, -0.25) is 0 Å². The molecule has 8 aromatic rings. The highest BCUT2D eigenvalue weighted by Gasteiger charge is 2.59. The zero-order chi connectivity index (χ0) is 63.0. The van der Waals surface area contributed by atoms with Crippen LogP contribution in [0.3, 0.4) is 0 Å². The molecule has 0 bridgehead atoms. The molecule has 2 unspecified atom stereocenters. The number of hydrogen-bond donors (Lipinski definition) is 0. The van der Waals surface area contributed by atoms with Crippen molar-refractivity contribution in [3.63, 3.8) is 0 Å². The topological polar surface area (TPSA) is 157 Å². The van der Waals surface area contributed by atoms with Gasteiger partial charge in [-0.05, 0) is 45.5 Å². The van der Waals surface area contributed by atoms with Crippen molar-refractivity contribution in [2.24, 2.45) is 0 Å². The number of fused-ring (bicyclic) bond motifs is 2. The lowest BCUT2D eigenvalue weighted by Crippen LogP contribution is -2.69. The van der Waals surface area contributed by atoms with Gasteiger partial charge in [0.05, 0.1) is 66.6 Å². The number of rotatable bonds is 27. The van der Waals surface area contributed by atoms with Crippen molar-refractivity contribution in [1.82, 2.24) is 0 Å². The zero-order valence-corrected chi connectivity index (χ0v) is 52.1. The third kappa shape index (κ3) is 16.5. The minimum atomic E-state index is -1.25. The third-order valence-electron chi connectivity index (χ3n) is 17.3. The first kappa shape index (κ1) is 64.6. The SMILES string of the molecule is COc1ccc(C2OC[C@H]3O[C@@H](O[C@@H]4[C@H](OCc5ccccc5)[C@H](O[C@H]5[C@H](OCc6ccccc6)[C@H](OCc6ccccc6)[C@H](OC)O[C@@H]5COCc5ccccc5)O[C@@H]5COC(c6ccccc6)O[C@@H]45)[C@@H](OCc4ccccc4)[C@@H](OCc4ccccc4)[C@@H]3O2)cc1. The monoisotopic (exact) mass is 1260 g/mol. The smallest absolute Gasteiger partial charge is 0.187 e. The summed E-state index contributed by atoms with van der Waals surface area (Å²) in [6.45, 7) is 1.45. The van der Waals surface area contributed by atoms with Crippen molar-refractivity contribution < 1.29 is 80.5 Å². The molecule has 0 aromatic heterocycles. The summed E-state index contributed by atoms with van der Waals surface area (Å²) in [4.78, 5) is 0. The first-order valence-electron chi connectivity index (χ1n) is 31.9. The van der Waals surface area contributed by atoms with E-state index in [-0.39, 0.29) is 52.9 Å². The predicted octanol–water partition coefficient (Wildman–Crippen LogP) is 12.0. The Morgan fingerprint density at radius 3 is 1.11 bits per heavy atom. The summed E-state index contributed by atoms with van der Waals surface area (Å²) in [7, 11) is 3.23. The lowest BCUT2D eigenvalue weighted by Gasteiger charge is -2.53. The van der Waals surface area contributed by atoms with Gasteiger partial charge in [0.15, 0.2) is 31.5 Å². The summed E-state index contributed by atoms with van der Waals surface area (Å²) in [5, 5.41) is 0. The number of hydrogen-bond acceptors (Lipinski definition) is 17. The molecule has 0 saturated carbocycles. The number of methoxy groups -OCH3 is 2. The Morgan fingerprint density at radius 2 is 0.677 bits per heavy atom. The Kier molecular flexibility index (Phi) is 22.5. The van der Waals surface area contributed by atoms with E-state index < -0.39 is 105 Å². The molecule has 17 heteroatoms. The first-order chi connectivity index (χ1) is 46.0. The molecule has 93 heavy (non-hydrogen) atoms. The molecule has 0 spiro atoms. The van der Waals surface area contributed by atoms with E-state index in [1.165, 1.54) is 0 Å². The van der Waals surface area contributed by atoms with Gasteiger partial charge in [-0.1, -0.05) is 224 Å². The van der Waals surface area contributed by atoms with Gasteiger partial charge in [0.25, 0.3) is 0 Å². The fourth-order valence-electron chi connectivity index (χ4n) is 12.5. The molecule has 0 aliphatic carbocycles. The lowest BCUT2D eigenvalue weighted by molar-refractivity contribution is -0.421. The maximum atomic E-state index is 7.74. The van der Waals surface area contributed by atoms with Crippen LogP contribution in [0, 0.1) is 0 Å². The van der Waals surface area contributed by atoms with E-state index in [1.807, 2.05) is 237 Å². The second-order valence-corrected chi connectivity index (χ2v) is 23.6. The van der Waals surface area contributed by atoms with Crippen LogP contribution < -0.4 is 4.74 Å². The molecule has 5 aliphatic rings. The fourth-order valence-corrected chi connectivity index (χ4v) is 12.5. The summed E-state index contributed by atoms with van der Waals surface area (Å²) in [6, 6.07) is 77.2. The van der Waals surface area contributed by atoms with Gasteiger partial charge < -0.3 is 80.5 Å². The van der Waals surface area contributed by atoms with Crippen LogP contribution in [0.5, 0.6) is 5.75 Å². The summed E-state index contributed by atoms with van der Waals surface area (Å²) in [5.41, 5.74) is 7.23. The quantitative estimate of drug-likeness (QED) is 0.0478. The lowest BCUT2D eigenvalue weighted by atomic mass is 9.94. The van der Waals surface area contributed by atoms with Crippen molar-refractivity contribution in [2.75, 3.05) is 34.0 Å². The van der Waals surface area contributed by atoms with Crippen molar-refractivity contribution >= 4 is 0 Å². The molecule has 17 atom stereocenters. The van der Waals surface area contributed by atoms with Crippen molar-refractivity contribution in [3.05, 3.63) is 281 Å². The number of ether oxygens (including phenoxy) is 17. The van der Waals surface area contributed by atoms with Crippen molar-refractivity contribution in [1.29, 1.82) is 0 Å². The second kappa shape index (κ2) is 32.4. The highest BCUT2D eigenvalue weighted by Crippen LogP contribution is 2.44. The largest absolute Gasteiger partial charge is 0.497 e. The summed E-state index contributed by atoms with van der Waals surface area (Å²) >= 11 is 0. The van der Waals surface area contributed by atoms with E-state index >= 15 is 0 Å². The minimum Gasteiger partial charge on any atom is -0.497 e. The molecular formula is C76H80O17. The fraction of sp³-hybridized carbons (Fsp3) is 0.368. The summed E-state index contributed by atoms with van der Waals surface area (Å²) in [6.07, 6.45) is -15.5. The van der Waals surface area contributed by atoms with E-state index in [4.69, 9.17) is 80.5 Å². The Hall–Kier alpha value is -7.08. The Balaban J connectivity index is 0.902. The van der Waals surface area contributed by atoms with Crippen LogP contribution in [0.25, 0.3) is 0 Å². The van der Waals surface area contributed by atoms with E-state index in [9.17, 15) is 0 Å². The zero-order valence-electron chi connectivity index (χ0n) is 52.1. The van der Waals surface area contributed by atoms with Crippen molar-refractivity contribution in [3.8, 4) is 5.75 Å². The van der Waals surface area contributed by atoms with Crippen LogP contribution in [0.2, 0.25) is 0 Å². The average Bonchev–Trinajstić information content (AvgIpc) is 1.22. The molecule has 8 aromatic carbocycles. The molecule has 5 aliphatic heterocycles. The predicted molar refractivity (Wildman–Crippen MR) is 340 cm³/mol. The van der Waals surface area contributed by atoms with Gasteiger partial charge in [0.1, 0.15) is 79.0 Å². The van der Waals surface area contributed by atoms with Crippen LogP contribution in [0.1, 0.15) is 57.1 Å². The van der Waals surface area contributed by atoms with Gasteiger partial charge in [0.2, 0.25) is 0 Å². The Morgan fingerprint density at radius 1 is 0.323 bits per heavy atom. The van der Waals surface area contributed by atoms with Crippen LogP contribution in [-0.4, -0.2) is 126 Å². The van der Waals surface area contributed by atoms with E-state index in [0.29, 0.717) is 12.4 Å². The van der Waals surface area contributed by atoms with Crippen LogP contribution in [0.15, 0.2) is 237 Å². The van der Waals surface area contributed by atoms with Crippen molar-refractivity contribution in [2.45, 2.75) is 144 Å². The van der Waals surface area contributed by atoms with Gasteiger partial charge in [-0.25, -0.2) is 0 Å². The van der Waals surface area contributed by atoms with E-state index in [1.54, 1.807) is 14.2 Å². The molecule has 0 amide bonds. The normalized spacial score (nSPS) is 29.4. The summed E-state index contributed by atoms with van der Waals surface area (Å²) < 4.78 is 118. The maximum absolute atomic E-state index is 7.74. The number of benzene rings is 8. The third-order valence-corrected chi connectivity index (χ3v) is 17.3. The molecule has 17 nitrogen and oxygen atoms in total. The van der Waals surface area contributed by atoms with E-state index in [2.05, 4.69) is 0 Å². The van der Waals surface area contributed by atoms with Crippen LogP contribution in [0.4, 0.5) is 0 Å². The minimum absolute atomic E-state index is 0.0575. The highest BCUT2D eigenvalue weighted by atomic mass is 16.8. The van der Waals surface area contributed by atoms with Gasteiger partial charge in [-0.2, -0.15) is 0 Å². The molecule has 5 fully saturated rings. The van der Waals surface area contributed by atoms with Gasteiger partial charge in [-0.15, -0.1) is 0 Å². The second-order valence-electron chi connectivity index (χ2n) is 23.6. The molecule has 486 valence electrons. The highest BCUT2D eigenvalue weighted by molar-refractivity contribution is 5.28. The molecule has 13 rings (SSSR count). The molecule has 5 heterocycles. The Bertz CT molecular complexity index is 3440. The van der Waals surface area contributed by atoms with Crippen LogP contribution in [-0.2, 0) is 115 Å². The molecule has 5 saturated heterocycles.